The van der Waals surface area contributed by atoms with Gasteiger partial charge in [-0.25, -0.2) is 18.7 Å². The maximum absolute atomic E-state index is 13.4. The number of benzene rings is 1. The molecule has 3 aromatic rings. The number of rotatable bonds is 4. The zero-order valence-electron chi connectivity index (χ0n) is 13.7. The van der Waals surface area contributed by atoms with Gasteiger partial charge in [0.2, 0.25) is 0 Å². The lowest BCUT2D eigenvalue weighted by Gasteiger charge is -2.15. The van der Waals surface area contributed by atoms with E-state index in [-0.39, 0.29) is 0 Å². The molecule has 128 valence electrons. The van der Waals surface area contributed by atoms with Gasteiger partial charge < -0.3 is 5.32 Å². The highest BCUT2D eigenvalue weighted by molar-refractivity contribution is 5.84. The summed E-state index contributed by atoms with van der Waals surface area (Å²) in [4.78, 5) is 11.0. The highest BCUT2D eigenvalue weighted by Crippen LogP contribution is 2.22. The largest absolute Gasteiger partial charge is 0.325 e. The minimum atomic E-state index is -0.869. The summed E-state index contributed by atoms with van der Waals surface area (Å²) in [5.74, 6) is -0.503. The lowest BCUT2D eigenvalue weighted by atomic mass is 10.1. The Bertz CT molecular complexity index is 907. The van der Waals surface area contributed by atoms with Gasteiger partial charge in [0.25, 0.3) is 0 Å². The molecule has 0 bridgehead atoms. The molecule has 0 spiro atoms. The van der Waals surface area contributed by atoms with Crippen LogP contribution in [0.2, 0.25) is 0 Å². The maximum Gasteiger partial charge on any atom is 0.159 e. The van der Waals surface area contributed by atoms with E-state index in [4.69, 9.17) is 0 Å². The first-order valence-electron chi connectivity index (χ1n) is 8.36. The Morgan fingerprint density at radius 3 is 2.44 bits per heavy atom. The van der Waals surface area contributed by atoms with Gasteiger partial charge >= 0.3 is 0 Å². The number of fused-ring (bicyclic) bond motifs is 1. The fraction of sp³-hybridized carbons (Fsp3) is 0.263. The molecular weight excluding hydrogens is 322 g/mol. The molecule has 0 aliphatic carbocycles. The Balaban J connectivity index is 1.55. The van der Waals surface area contributed by atoms with Crippen LogP contribution >= 0.6 is 0 Å². The van der Waals surface area contributed by atoms with Gasteiger partial charge in [0.1, 0.15) is 11.6 Å². The first-order valence-corrected chi connectivity index (χ1v) is 8.36. The van der Waals surface area contributed by atoms with Crippen LogP contribution in [0.15, 0.2) is 42.7 Å². The first kappa shape index (κ1) is 15.9. The topological polar surface area (TPSA) is 41.1 Å². The molecule has 1 fully saturated rings. The predicted molar refractivity (Wildman–Crippen MR) is 93.7 cm³/mol. The number of nitrogens with zero attached hydrogens (tertiary/aromatic N) is 3. The SMILES string of the molecule is Fc1cc2cnc(Nc3cc(CN4CCCC4)ccn3)cc2cc1F. The molecule has 1 saturated heterocycles. The van der Waals surface area contributed by atoms with E-state index in [0.717, 1.165) is 25.7 Å². The van der Waals surface area contributed by atoms with Gasteiger partial charge in [-0.3, -0.25) is 4.90 Å². The number of nitrogens with one attached hydrogen (secondary N) is 1. The van der Waals surface area contributed by atoms with E-state index in [0.29, 0.717) is 22.4 Å². The van der Waals surface area contributed by atoms with Crippen LogP contribution in [-0.4, -0.2) is 28.0 Å². The van der Waals surface area contributed by atoms with Crippen LogP contribution in [0.4, 0.5) is 20.4 Å². The van der Waals surface area contributed by atoms with Gasteiger partial charge in [-0.05, 0) is 67.2 Å². The van der Waals surface area contributed by atoms with E-state index >= 15 is 0 Å². The van der Waals surface area contributed by atoms with Crippen molar-refractivity contribution in [2.75, 3.05) is 18.4 Å². The van der Waals surface area contributed by atoms with Crippen LogP contribution in [0.3, 0.4) is 0 Å². The lowest BCUT2D eigenvalue weighted by molar-refractivity contribution is 0.331. The average Bonchev–Trinajstić information content (AvgIpc) is 3.09. The van der Waals surface area contributed by atoms with Crippen molar-refractivity contribution >= 4 is 22.4 Å². The zero-order chi connectivity index (χ0) is 17.2. The third-order valence-corrected chi connectivity index (χ3v) is 4.45. The second kappa shape index (κ2) is 6.72. The van der Waals surface area contributed by atoms with Gasteiger partial charge in [0.05, 0.1) is 0 Å². The number of anilines is 2. The average molecular weight is 340 g/mol. The Morgan fingerprint density at radius 1 is 0.920 bits per heavy atom. The Morgan fingerprint density at radius 2 is 1.64 bits per heavy atom. The minimum Gasteiger partial charge on any atom is -0.325 e. The van der Waals surface area contributed by atoms with E-state index in [9.17, 15) is 8.78 Å². The fourth-order valence-electron chi connectivity index (χ4n) is 3.18. The van der Waals surface area contributed by atoms with Crippen molar-refractivity contribution in [3.8, 4) is 0 Å². The van der Waals surface area contributed by atoms with Crippen LogP contribution in [0.1, 0.15) is 18.4 Å². The van der Waals surface area contributed by atoms with Crippen molar-refractivity contribution in [2.45, 2.75) is 19.4 Å². The summed E-state index contributed by atoms with van der Waals surface area (Å²) >= 11 is 0. The summed E-state index contributed by atoms with van der Waals surface area (Å²) < 4.78 is 26.7. The fourth-order valence-corrected chi connectivity index (χ4v) is 3.18. The molecule has 4 nitrogen and oxygen atoms in total. The molecule has 0 amide bonds. The van der Waals surface area contributed by atoms with E-state index in [1.165, 1.54) is 30.7 Å². The normalized spacial score (nSPS) is 15.0. The molecule has 0 radical (unpaired) electrons. The van der Waals surface area contributed by atoms with Crippen molar-refractivity contribution in [1.82, 2.24) is 14.9 Å². The summed E-state index contributed by atoms with van der Waals surface area (Å²) in [7, 11) is 0. The van der Waals surface area contributed by atoms with E-state index in [1.54, 1.807) is 12.3 Å². The first-order chi connectivity index (χ1) is 12.2. The molecule has 2 aromatic heterocycles. The van der Waals surface area contributed by atoms with Crippen LogP contribution in [0.25, 0.3) is 10.8 Å². The van der Waals surface area contributed by atoms with Gasteiger partial charge in [-0.2, -0.15) is 0 Å². The van der Waals surface area contributed by atoms with Gasteiger partial charge in [-0.15, -0.1) is 0 Å². The molecule has 1 aliphatic rings. The molecule has 1 aromatic carbocycles. The van der Waals surface area contributed by atoms with Gasteiger partial charge in [-0.1, -0.05) is 0 Å². The summed E-state index contributed by atoms with van der Waals surface area (Å²) in [5, 5.41) is 4.28. The Kier molecular flexibility index (Phi) is 4.28. The lowest BCUT2D eigenvalue weighted by Crippen LogP contribution is -2.18. The monoisotopic (exact) mass is 340 g/mol. The van der Waals surface area contributed by atoms with E-state index in [2.05, 4.69) is 20.2 Å². The molecule has 25 heavy (non-hydrogen) atoms. The number of hydrogen-bond acceptors (Lipinski definition) is 4. The molecule has 6 heteroatoms. The molecule has 4 rings (SSSR count). The molecule has 1 N–H and O–H groups in total. The van der Waals surface area contributed by atoms with Crippen molar-refractivity contribution in [2.24, 2.45) is 0 Å². The molecule has 0 saturated carbocycles. The highest BCUT2D eigenvalue weighted by atomic mass is 19.2. The van der Waals surface area contributed by atoms with E-state index in [1.807, 2.05) is 12.1 Å². The molecule has 0 atom stereocenters. The second-order valence-corrected chi connectivity index (χ2v) is 6.34. The van der Waals surface area contributed by atoms with Crippen LogP contribution in [0, 0.1) is 11.6 Å². The quantitative estimate of drug-likeness (QED) is 0.771. The third-order valence-electron chi connectivity index (χ3n) is 4.45. The summed E-state index contributed by atoms with van der Waals surface area (Å²) in [6.07, 6.45) is 5.81. The van der Waals surface area contributed by atoms with Gasteiger partial charge in [0, 0.05) is 24.3 Å². The predicted octanol–water partition coefficient (Wildman–Crippen LogP) is 4.25. The standard InChI is InChI=1S/C19H18F2N4/c20-16-8-14-10-19(23-11-15(14)9-17(16)21)24-18-7-13(3-4-22-18)12-25-5-1-2-6-25/h3-4,7-11H,1-2,5-6,12H2,(H,22,23,24). The Hall–Kier alpha value is -2.60. The number of aromatic nitrogens is 2. The van der Waals surface area contributed by atoms with E-state index < -0.39 is 11.6 Å². The zero-order valence-corrected chi connectivity index (χ0v) is 13.7. The molecule has 1 aliphatic heterocycles. The summed E-state index contributed by atoms with van der Waals surface area (Å²) in [5.41, 5.74) is 1.19. The summed E-state index contributed by atoms with van der Waals surface area (Å²) in [6, 6.07) is 8.02. The number of likely N-dealkylation sites (tertiary alicyclic amines) is 1. The minimum absolute atomic E-state index is 0.546. The smallest absolute Gasteiger partial charge is 0.159 e. The maximum atomic E-state index is 13.4. The number of halogens is 2. The van der Waals surface area contributed by atoms with Crippen molar-refractivity contribution in [1.29, 1.82) is 0 Å². The molecule has 3 heterocycles. The van der Waals surface area contributed by atoms with Gasteiger partial charge in [0.15, 0.2) is 11.6 Å². The number of hydrogen-bond donors (Lipinski definition) is 1. The molecular formula is C19H18F2N4. The summed E-state index contributed by atoms with van der Waals surface area (Å²) in [6.45, 7) is 3.19. The molecule has 0 unspecified atom stereocenters. The second-order valence-electron chi connectivity index (χ2n) is 6.34. The van der Waals surface area contributed by atoms with Crippen molar-refractivity contribution < 1.29 is 8.78 Å². The van der Waals surface area contributed by atoms with Crippen LogP contribution < -0.4 is 5.32 Å². The van der Waals surface area contributed by atoms with Crippen LogP contribution in [-0.2, 0) is 6.54 Å². The highest BCUT2D eigenvalue weighted by Gasteiger charge is 2.12. The third kappa shape index (κ3) is 3.58. The van der Waals surface area contributed by atoms with Crippen LogP contribution in [0.5, 0.6) is 0 Å². The Labute approximate surface area is 144 Å². The van der Waals surface area contributed by atoms with Crippen molar-refractivity contribution in [3.63, 3.8) is 0 Å². The number of pyridine rings is 2. The van der Waals surface area contributed by atoms with Crippen molar-refractivity contribution in [3.05, 3.63) is 59.9 Å².